The third-order valence-electron chi connectivity index (χ3n) is 4.24. The zero-order valence-electron chi connectivity index (χ0n) is 15.2. The van der Waals surface area contributed by atoms with Gasteiger partial charge >= 0.3 is 12.0 Å². The zero-order chi connectivity index (χ0) is 20.3. The summed E-state index contributed by atoms with van der Waals surface area (Å²) in [4.78, 5) is 25.2. The first-order chi connectivity index (χ1) is 13.5. The van der Waals surface area contributed by atoms with Crippen molar-refractivity contribution < 1.29 is 19.1 Å². The Labute approximate surface area is 172 Å². The number of carbonyl (C=O) groups is 2. The van der Waals surface area contributed by atoms with E-state index in [0.29, 0.717) is 27.6 Å². The fourth-order valence-electron chi connectivity index (χ4n) is 2.96. The van der Waals surface area contributed by atoms with Crippen LogP contribution in [0.15, 0.2) is 48.0 Å². The van der Waals surface area contributed by atoms with E-state index in [1.807, 2.05) is 0 Å². The Morgan fingerprint density at radius 2 is 1.86 bits per heavy atom. The van der Waals surface area contributed by atoms with Crippen LogP contribution in [0.5, 0.6) is 5.75 Å². The van der Waals surface area contributed by atoms with Crippen LogP contribution in [0.2, 0.25) is 10.0 Å². The Morgan fingerprint density at radius 3 is 2.50 bits per heavy atom. The first-order valence-corrected chi connectivity index (χ1v) is 9.29. The molecule has 2 aromatic carbocycles. The minimum Gasteiger partial charge on any atom is -0.497 e. The van der Waals surface area contributed by atoms with E-state index < -0.39 is 18.0 Å². The van der Waals surface area contributed by atoms with Crippen LogP contribution in [0.25, 0.3) is 5.70 Å². The lowest BCUT2D eigenvalue weighted by molar-refractivity contribution is -0.138. The number of esters is 1. The topological polar surface area (TPSA) is 76.7 Å². The molecule has 0 aliphatic carbocycles. The van der Waals surface area contributed by atoms with Crippen molar-refractivity contribution in [2.24, 2.45) is 0 Å². The molecular weight excluding hydrogens is 403 g/mol. The number of benzene rings is 2. The molecular formula is C20H18Cl2N2O4. The van der Waals surface area contributed by atoms with Gasteiger partial charge in [-0.1, -0.05) is 35.3 Å². The van der Waals surface area contributed by atoms with Crippen LogP contribution in [0.1, 0.15) is 24.1 Å². The molecule has 2 aromatic rings. The van der Waals surface area contributed by atoms with E-state index in [4.69, 9.17) is 32.7 Å². The van der Waals surface area contributed by atoms with Crippen molar-refractivity contribution in [3.63, 3.8) is 0 Å². The number of amides is 2. The standard InChI is InChI=1S/C20H18Cl2N2O4/c1-3-28-19(25)15-17(11-7-9-12(27-2)10-8-11)23-20(26)24-18(15)13-5-4-6-14(21)16(13)22/h4-10,18H,3H2,1-2H3,(H2,23,24,26). The molecule has 1 unspecified atom stereocenters. The Bertz CT molecular complexity index is 942. The van der Waals surface area contributed by atoms with Crippen LogP contribution in [-0.2, 0) is 9.53 Å². The molecule has 0 bridgehead atoms. The van der Waals surface area contributed by atoms with Crippen molar-refractivity contribution in [3.8, 4) is 5.75 Å². The van der Waals surface area contributed by atoms with Gasteiger partial charge in [0.1, 0.15) is 5.75 Å². The van der Waals surface area contributed by atoms with E-state index >= 15 is 0 Å². The molecule has 1 aliphatic rings. The van der Waals surface area contributed by atoms with Crippen LogP contribution in [0.3, 0.4) is 0 Å². The second-order valence-corrected chi connectivity index (χ2v) is 6.70. The molecule has 0 spiro atoms. The van der Waals surface area contributed by atoms with E-state index in [1.54, 1.807) is 56.5 Å². The van der Waals surface area contributed by atoms with Gasteiger partial charge in [-0.3, -0.25) is 0 Å². The maximum absolute atomic E-state index is 12.8. The maximum Gasteiger partial charge on any atom is 0.338 e. The molecule has 6 nitrogen and oxygen atoms in total. The first-order valence-electron chi connectivity index (χ1n) is 8.53. The number of methoxy groups -OCH3 is 1. The highest BCUT2D eigenvalue weighted by atomic mass is 35.5. The zero-order valence-corrected chi connectivity index (χ0v) is 16.7. The van der Waals surface area contributed by atoms with E-state index in [0.717, 1.165) is 0 Å². The summed E-state index contributed by atoms with van der Waals surface area (Å²) < 4.78 is 10.4. The molecule has 0 saturated carbocycles. The van der Waals surface area contributed by atoms with E-state index in [-0.39, 0.29) is 17.2 Å². The fraction of sp³-hybridized carbons (Fsp3) is 0.200. The largest absolute Gasteiger partial charge is 0.497 e. The molecule has 1 heterocycles. The second kappa shape index (κ2) is 8.54. The molecule has 1 atom stereocenters. The van der Waals surface area contributed by atoms with E-state index in [2.05, 4.69) is 10.6 Å². The van der Waals surface area contributed by atoms with Crippen LogP contribution in [0.4, 0.5) is 4.79 Å². The SMILES string of the molecule is CCOC(=O)C1=C(c2ccc(OC)cc2)NC(=O)NC1c1cccc(Cl)c1Cl. The second-order valence-electron chi connectivity index (χ2n) is 5.91. The summed E-state index contributed by atoms with van der Waals surface area (Å²) in [6.45, 7) is 1.89. The van der Waals surface area contributed by atoms with Gasteiger partial charge < -0.3 is 20.1 Å². The number of carbonyl (C=O) groups excluding carboxylic acids is 2. The molecule has 0 radical (unpaired) electrons. The predicted molar refractivity (Wildman–Crippen MR) is 107 cm³/mol. The molecule has 3 rings (SSSR count). The van der Waals surface area contributed by atoms with Gasteiger partial charge in [-0.05, 0) is 48.4 Å². The van der Waals surface area contributed by atoms with Crippen LogP contribution in [-0.4, -0.2) is 25.7 Å². The molecule has 8 heteroatoms. The third-order valence-corrected chi connectivity index (χ3v) is 5.07. The number of rotatable bonds is 5. The predicted octanol–water partition coefficient (Wildman–Crippen LogP) is 4.33. The summed E-state index contributed by atoms with van der Waals surface area (Å²) in [6.07, 6.45) is 0. The van der Waals surface area contributed by atoms with Crippen molar-refractivity contribution in [3.05, 3.63) is 69.2 Å². The van der Waals surface area contributed by atoms with Crippen molar-refractivity contribution >= 4 is 40.9 Å². The Kier molecular flexibility index (Phi) is 6.11. The summed E-state index contributed by atoms with van der Waals surface area (Å²) in [5.41, 5.74) is 1.70. The first kappa shape index (κ1) is 20.0. The summed E-state index contributed by atoms with van der Waals surface area (Å²) in [5.74, 6) is 0.0820. The van der Waals surface area contributed by atoms with Gasteiger partial charge in [-0.25, -0.2) is 9.59 Å². The Balaban J connectivity index is 2.20. The quantitative estimate of drug-likeness (QED) is 0.705. The van der Waals surface area contributed by atoms with Crippen molar-refractivity contribution in [1.29, 1.82) is 0 Å². The normalized spacial score (nSPS) is 16.3. The fourth-order valence-corrected chi connectivity index (χ4v) is 3.37. The van der Waals surface area contributed by atoms with Gasteiger partial charge in [0.2, 0.25) is 0 Å². The van der Waals surface area contributed by atoms with Crippen LogP contribution in [0, 0.1) is 0 Å². The van der Waals surface area contributed by atoms with Gasteiger partial charge in [0.25, 0.3) is 0 Å². The number of halogens is 2. The smallest absolute Gasteiger partial charge is 0.338 e. The van der Waals surface area contributed by atoms with Gasteiger partial charge in [0, 0.05) is 0 Å². The number of ether oxygens (including phenoxy) is 2. The van der Waals surface area contributed by atoms with Crippen molar-refractivity contribution in [2.45, 2.75) is 13.0 Å². The minimum atomic E-state index is -0.823. The highest BCUT2D eigenvalue weighted by Crippen LogP contribution is 2.37. The number of hydrogen-bond acceptors (Lipinski definition) is 4. The summed E-state index contributed by atoms with van der Waals surface area (Å²) in [6, 6.07) is 10.7. The van der Waals surface area contributed by atoms with E-state index in [9.17, 15) is 9.59 Å². The average Bonchev–Trinajstić information content (AvgIpc) is 2.69. The highest BCUT2D eigenvalue weighted by Gasteiger charge is 2.35. The highest BCUT2D eigenvalue weighted by molar-refractivity contribution is 6.42. The van der Waals surface area contributed by atoms with Gasteiger partial charge in [0.15, 0.2) is 0 Å². The molecule has 0 fully saturated rings. The summed E-state index contributed by atoms with van der Waals surface area (Å²) in [7, 11) is 1.56. The van der Waals surface area contributed by atoms with Crippen LogP contribution >= 0.6 is 23.2 Å². The molecule has 1 aliphatic heterocycles. The molecule has 146 valence electrons. The van der Waals surface area contributed by atoms with E-state index in [1.165, 1.54) is 0 Å². The van der Waals surface area contributed by atoms with Crippen LogP contribution < -0.4 is 15.4 Å². The average molecular weight is 421 g/mol. The molecule has 0 aromatic heterocycles. The minimum absolute atomic E-state index is 0.183. The lowest BCUT2D eigenvalue weighted by atomic mass is 9.92. The molecule has 2 amide bonds. The van der Waals surface area contributed by atoms with Gasteiger partial charge in [0.05, 0.1) is 41.1 Å². The number of hydrogen-bond donors (Lipinski definition) is 2. The third kappa shape index (κ3) is 3.93. The Morgan fingerprint density at radius 1 is 1.14 bits per heavy atom. The summed E-state index contributed by atoms with van der Waals surface area (Å²) in [5, 5.41) is 6.02. The Hall–Kier alpha value is -2.70. The monoisotopic (exact) mass is 420 g/mol. The van der Waals surface area contributed by atoms with Crippen molar-refractivity contribution in [2.75, 3.05) is 13.7 Å². The number of urea groups is 1. The maximum atomic E-state index is 12.8. The molecule has 2 N–H and O–H groups in total. The summed E-state index contributed by atoms with van der Waals surface area (Å²) >= 11 is 12.5. The molecule has 28 heavy (non-hydrogen) atoms. The van der Waals surface area contributed by atoms with Crippen molar-refractivity contribution in [1.82, 2.24) is 10.6 Å². The van der Waals surface area contributed by atoms with Gasteiger partial charge in [-0.15, -0.1) is 0 Å². The lowest BCUT2D eigenvalue weighted by Gasteiger charge is -2.30. The lowest BCUT2D eigenvalue weighted by Crippen LogP contribution is -2.45. The van der Waals surface area contributed by atoms with Gasteiger partial charge in [-0.2, -0.15) is 0 Å². The number of nitrogens with one attached hydrogen (secondary N) is 2. The molecule has 0 saturated heterocycles.